The van der Waals surface area contributed by atoms with Gasteiger partial charge in [0.2, 0.25) is 0 Å². The van der Waals surface area contributed by atoms with Gasteiger partial charge >= 0.3 is 0 Å². The van der Waals surface area contributed by atoms with Crippen molar-refractivity contribution in [3.05, 3.63) is 45.9 Å². The summed E-state index contributed by atoms with van der Waals surface area (Å²) in [6, 6.07) is 6.26. The quantitative estimate of drug-likeness (QED) is 0.768. The van der Waals surface area contributed by atoms with Crippen molar-refractivity contribution in [1.29, 1.82) is 0 Å². The number of carbonyl (C=O) groups is 1. The Morgan fingerprint density at radius 1 is 1.50 bits per heavy atom. The van der Waals surface area contributed by atoms with E-state index in [1.165, 1.54) is 23.9 Å². The second-order valence-corrected chi connectivity index (χ2v) is 6.27. The fraction of sp³-hybridized carbons (Fsp3) is 0.286. The molecule has 0 aliphatic rings. The van der Waals surface area contributed by atoms with E-state index in [1.807, 2.05) is 14.0 Å². The highest BCUT2D eigenvalue weighted by atomic mass is 79.9. The zero-order valence-electron chi connectivity index (χ0n) is 11.2. The van der Waals surface area contributed by atoms with Gasteiger partial charge in [-0.25, -0.2) is 4.39 Å². The van der Waals surface area contributed by atoms with Gasteiger partial charge in [-0.3, -0.25) is 9.48 Å². The standard InChI is InChI=1S/C14H14BrFN2OS/c1-9-14(15)13(18(2)17-9)7-11(19)8-20-12-5-3-4-10(16)6-12/h3-6H,7-8H2,1-2H3. The number of rotatable bonds is 5. The fourth-order valence-electron chi connectivity index (χ4n) is 1.83. The van der Waals surface area contributed by atoms with Crippen LogP contribution in [0.2, 0.25) is 0 Å². The Morgan fingerprint density at radius 2 is 2.25 bits per heavy atom. The lowest BCUT2D eigenvalue weighted by Crippen LogP contribution is -2.10. The van der Waals surface area contributed by atoms with E-state index in [9.17, 15) is 9.18 Å². The van der Waals surface area contributed by atoms with E-state index in [1.54, 1.807) is 16.8 Å². The summed E-state index contributed by atoms with van der Waals surface area (Å²) >= 11 is 4.79. The Hall–Kier alpha value is -1.14. The van der Waals surface area contributed by atoms with Gasteiger partial charge in [-0.05, 0) is 41.1 Å². The minimum Gasteiger partial charge on any atom is -0.298 e. The van der Waals surface area contributed by atoms with Crippen LogP contribution in [0.4, 0.5) is 4.39 Å². The van der Waals surface area contributed by atoms with Crippen LogP contribution in [0.5, 0.6) is 0 Å². The molecule has 0 N–H and O–H groups in total. The lowest BCUT2D eigenvalue weighted by molar-refractivity contribution is -0.116. The van der Waals surface area contributed by atoms with Crippen molar-refractivity contribution in [2.24, 2.45) is 7.05 Å². The molecule has 0 spiro atoms. The summed E-state index contributed by atoms with van der Waals surface area (Å²) in [7, 11) is 1.82. The van der Waals surface area contributed by atoms with Crippen LogP contribution in [0.1, 0.15) is 11.4 Å². The van der Waals surface area contributed by atoms with Crippen molar-refractivity contribution in [2.45, 2.75) is 18.2 Å². The molecular formula is C14H14BrFN2OS. The van der Waals surface area contributed by atoms with Gasteiger partial charge in [0, 0.05) is 11.9 Å². The first-order valence-electron chi connectivity index (χ1n) is 6.05. The van der Waals surface area contributed by atoms with Crippen molar-refractivity contribution in [2.75, 3.05) is 5.75 Å². The van der Waals surface area contributed by atoms with Gasteiger partial charge in [-0.2, -0.15) is 5.10 Å². The van der Waals surface area contributed by atoms with Crippen LogP contribution in [-0.2, 0) is 18.3 Å². The third-order valence-corrected chi connectivity index (χ3v) is 4.91. The molecule has 3 nitrogen and oxygen atoms in total. The molecule has 0 unspecified atom stereocenters. The molecule has 0 radical (unpaired) electrons. The summed E-state index contributed by atoms with van der Waals surface area (Å²) in [5.74, 6) is 0.121. The minimum absolute atomic E-state index is 0.0861. The highest BCUT2D eigenvalue weighted by Gasteiger charge is 2.14. The highest BCUT2D eigenvalue weighted by molar-refractivity contribution is 9.10. The molecule has 1 aromatic carbocycles. The molecule has 0 saturated heterocycles. The van der Waals surface area contributed by atoms with Crippen LogP contribution in [0.15, 0.2) is 33.6 Å². The van der Waals surface area contributed by atoms with Crippen LogP contribution in [-0.4, -0.2) is 21.3 Å². The smallest absolute Gasteiger partial charge is 0.149 e. The van der Waals surface area contributed by atoms with Gasteiger partial charge in [0.05, 0.1) is 28.0 Å². The molecule has 106 valence electrons. The van der Waals surface area contributed by atoms with Crippen molar-refractivity contribution in [1.82, 2.24) is 9.78 Å². The Kier molecular flexibility index (Phi) is 4.99. The normalized spacial score (nSPS) is 10.8. The second-order valence-electron chi connectivity index (χ2n) is 4.43. The predicted octanol–water partition coefficient (Wildman–Crippen LogP) is 3.53. The number of Topliss-reactive ketones (excluding diaryl/α,β-unsaturated/α-hetero) is 1. The molecule has 0 bridgehead atoms. The van der Waals surface area contributed by atoms with E-state index in [0.29, 0.717) is 12.2 Å². The summed E-state index contributed by atoms with van der Waals surface area (Å²) in [4.78, 5) is 12.8. The zero-order valence-corrected chi connectivity index (χ0v) is 13.6. The Labute approximate surface area is 129 Å². The van der Waals surface area contributed by atoms with Crippen molar-refractivity contribution in [3.8, 4) is 0 Å². The molecule has 0 saturated carbocycles. The second kappa shape index (κ2) is 6.54. The lowest BCUT2D eigenvalue weighted by atomic mass is 10.2. The van der Waals surface area contributed by atoms with E-state index >= 15 is 0 Å². The number of hydrogen-bond donors (Lipinski definition) is 0. The first-order chi connectivity index (χ1) is 9.47. The number of ketones is 1. The highest BCUT2D eigenvalue weighted by Crippen LogP contribution is 2.23. The van der Waals surface area contributed by atoms with E-state index < -0.39 is 0 Å². The van der Waals surface area contributed by atoms with Gasteiger partial charge in [-0.15, -0.1) is 11.8 Å². The third-order valence-electron chi connectivity index (χ3n) is 2.82. The van der Waals surface area contributed by atoms with Gasteiger partial charge in [0.25, 0.3) is 0 Å². The topological polar surface area (TPSA) is 34.9 Å². The molecule has 0 fully saturated rings. The van der Waals surface area contributed by atoms with Gasteiger partial charge in [0.1, 0.15) is 11.6 Å². The third kappa shape index (κ3) is 3.70. The van der Waals surface area contributed by atoms with Crippen molar-refractivity contribution in [3.63, 3.8) is 0 Å². The summed E-state index contributed by atoms with van der Waals surface area (Å²) in [6.45, 7) is 1.89. The summed E-state index contributed by atoms with van der Waals surface area (Å²) < 4.78 is 15.6. The van der Waals surface area contributed by atoms with E-state index in [-0.39, 0.29) is 11.6 Å². The number of halogens is 2. The van der Waals surface area contributed by atoms with Crippen molar-refractivity contribution >= 4 is 33.5 Å². The Balaban J connectivity index is 1.96. The average molecular weight is 357 g/mol. The van der Waals surface area contributed by atoms with Crippen LogP contribution in [0, 0.1) is 12.7 Å². The zero-order chi connectivity index (χ0) is 14.7. The molecule has 0 aliphatic carbocycles. The van der Waals surface area contributed by atoms with E-state index in [0.717, 1.165) is 20.8 Å². The number of thioether (sulfide) groups is 1. The number of hydrogen-bond acceptors (Lipinski definition) is 3. The molecule has 6 heteroatoms. The van der Waals surface area contributed by atoms with Gasteiger partial charge in [0.15, 0.2) is 0 Å². The maximum atomic E-state index is 13.0. The molecule has 0 atom stereocenters. The van der Waals surface area contributed by atoms with Gasteiger partial charge < -0.3 is 0 Å². The number of carbonyl (C=O) groups excluding carboxylic acids is 1. The molecule has 0 amide bonds. The first-order valence-corrected chi connectivity index (χ1v) is 7.83. The molecular weight excluding hydrogens is 343 g/mol. The van der Waals surface area contributed by atoms with Crippen LogP contribution < -0.4 is 0 Å². The molecule has 2 rings (SSSR count). The van der Waals surface area contributed by atoms with Crippen LogP contribution >= 0.6 is 27.7 Å². The average Bonchev–Trinajstić information content (AvgIpc) is 2.63. The molecule has 0 aliphatic heterocycles. The molecule has 20 heavy (non-hydrogen) atoms. The van der Waals surface area contributed by atoms with E-state index in [4.69, 9.17) is 0 Å². The summed E-state index contributed by atoms with van der Waals surface area (Å²) in [6.07, 6.45) is 0.320. The van der Waals surface area contributed by atoms with Crippen LogP contribution in [0.3, 0.4) is 0 Å². The van der Waals surface area contributed by atoms with Gasteiger partial charge in [-0.1, -0.05) is 6.07 Å². The number of aromatic nitrogens is 2. The van der Waals surface area contributed by atoms with E-state index in [2.05, 4.69) is 21.0 Å². The monoisotopic (exact) mass is 356 g/mol. The Bertz CT molecular complexity index is 642. The molecule has 1 aromatic heterocycles. The minimum atomic E-state index is -0.285. The largest absolute Gasteiger partial charge is 0.298 e. The lowest BCUT2D eigenvalue weighted by Gasteiger charge is -2.03. The number of aryl methyl sites for hydroxylation is 2. The van der Waals surface area contributed by atoms with Crippen molar-refractivity contribution < 1.29 is 9.18 Å². The predicted molar refractivity (Wildman–Crippen MR) is 81.5 cm³/mol. The van der Waals surface area contributed by atoms with Crippen LogP contribution in [0.25, 0.3) is 0 Å². The number of benzene rings is 1. The first kappa shape index (κ1) is 15.3. The molecule has 2 aromatic rings. The maximum absolute atomic E-state index is 13.0. The fourth-order valence-corrected chi connectivity index (χ4v) is 3.11. The summed E-state index contributed by atoms with van der Waals surface area (Å²) in [5, 5.41) is 4.25. The summed E-state index contributed by atoms with van der Waals surface area (Å²) in [5.41, 5.74) is 1.74. The number of nitrogens with zero attached hydrogens (tertiary/aromatic N) is 2. The SMILES string of the molecule is Cc1nn(C)c(CC(=O)CSc2cccc(F)c2)c1Br. The molecule has 1 heterocycles. The maximum Gasteiger partial charge on any atom is 0.149 e. The Morgan fingerprint density at radius 3 is 2.85 bits per heavy atom.